The Kier molecular flexibility index (Phi) is 10.8. The number of aromatic amines is 1. The van der Waals surface area contributed by atoms with Gasteiger partial charge in [-0.25, -0.2) is 4.39 Å². The first-order valence-corrected chi connectivity index (χ1v) is 14.9. The summed E-state index contributed by atoms with van der Waals surface area (Å²) in [5, 5.41) is 13.4. The van der Waals surface area contributed by atoms with Crippen LogP contribution in [0.3, 0.4) is 0 Å². The number of aromatic nitrogens is 1. The van der Waals surface area contributed by atoms with Gasteiger partial charge in [0, 0.05) is 25.6 Å². The third-order valence-corrected chi connectivity index (χ3v) is 8.52. The van der Waals surface area contributed by atoms with Crippen molar-refractivity contribution in [1.82, 2.24) is 15.2 Å². The SMILES string of the molecule is O=C(CCNCCc1cccc(F)c1)N(CCCCCc1ccc(O)c2[nH]c(=O)sc12)C1CCCCCC1. The van der Waals surface area contributed by atoms with Crippen LogP contribution in [0.25, 0.3) is 10.2 Å². The first-order valence-electron chi connectivity index (χ1n) is 14.1. The van der Waals surface area contributed by atoms with E-state index in [9.17, 15) is 19.1 Å². The van der Waals surface area contributed by atoms with E-state index in [2.05, 4.69) is 15.2 Å². The maximum Gasteiger partial charge on any atom is 0.305 e. The highest BCUT2D eigenvalue weighted by Gasteiger charge is 2.24. The predicted molar refractivity (Wildman–Crippen MR) is 152 cm³/mol. The summed E-state index contributed by atoms with van der Waals surface area (Å²) >= 11 is 1.15. The highest BCUT2D eigenvalue weighted by Crippen LogP contribution is 2.29. The first kappa shape index (κ1) is 28.3. The lowest BCUT2D eigenvalue weighted by molar-refractivity contribution is -0.133. The Labute approximate surface area is 228 Å². The van der Waals surface area contributed by atoms with Crippen molar-refractivity contribution >= 4 is 27.5 Å². The molecule has 0 saturated heterocycles. The van der Waals surface area contributed by atoms with Crippen LogP contribution in [0.15, 0.2) is 41.2 Å². The smallest absolute Gasteiger partial charge is 0.305 e. The van der Waals surface area contributed by atoms with Gasteiger partial charge in [0.05, 0.1) is 4.70 Å². The van der Waals surface area contributed by atoms with Gasteiger partial charge in [0.1, 0.15) is 17.1 Å². The number of aromatic hydroxyl groups is 1. The molecule has 6 nitrogen and oxygen atoms in total. The average molecular weight is 542 g/mol. The molecule has 1 fully saturated rings. The molecule has 0 bridgehead atoms. The van der Waals surface area contributed by atoms with Crippen LogP contribution in [0.1, 0.15) is 75.3 Å². The second-order valence-electron chi connectivity index (χ2n) is 10.4. The number of benzene rings is 2. The summed E-state index contributed by atoms with van der Waals surface area (Å²) in [6.07, 6.45) is 12.1. The van der Waals surface area contributed by atoms with Gasteiger partial charge in [0.15, 0.2) is 0 Å². The number of hydrogen-bond donors (Lipinski definition) is 3. The van der Waals surface area contributed by atoms with Crippen molar-refractivity contribution < 1.29 is 14.3 Å². The average Bonchev–Trinajstić information content (AvgIpc) is 3.11. The quantitative estimate of drug-likeness (QED) is 0.185. The van der Waals surface area contributed by atoms with E-state index in [0.29, 0.717) is 24.5 Å². The van der Waals surface area contributed by atoms with Crippen LogP contribution in [-0.4, -0.2) is 46.6 Å². The molecule has 1 saturated carbocycles. The zero-order chi connectivity index (χ0) is 26.7. The Bertz CT molecular complexity index is 1230. The van der Waals surface area contributed by atoms with Gasteiger partial charge in [0.2, 0.25) is 5.91 Å². The van der Waals surface area contributed by atoms with Crippen LogP contribution in [0.4, 0.5) is 4.39 Å². The van der Waals surface area contributed by atoms with Crippen molar-refractivity contribution in [1.29, 1.82) is 0 Å². The Hall–Kier alpha value is -2.71. The van der Waals surface area contributed by atoms with Gasteiger partial charge in [-0.1, -0.05) is 61.6 Å². The molecular formula is C30H40FN3O3S. The monoisotopic (exact) mass is 541 g/mol. The zero-order valence-corrected chi connectivity index (χ0v) is 23.0. The molecule has 1 heterocycles. The van der Waals surface area contributed by atoms with Gasteiger partial charge >= 0.3 is 4.87 Å². The molecule has 0 radical (unpaired) electrons. The molecule has 1 aliphatic rings. The largest absolute Gasteiger partial charge is 0.506 e. The number of rotatable bonds is 13. The number of fused-ring (bicyclic) bond motifs is 1. The molecule has 3 aromatic rings. The lowest BCUT2D eigenvalue weighted by Crippen LogP contribution is -2.42. The number of nitrogens with one attached hydrogen (secondary N) is 2. The molecule has 0 spiro atoms. The minimum Gasteiger partial charge on any atom is -0.506 e. The summed E-state index contributed by atoms with van der Waals surface area (Å²) in [5.74, 6) is 0.130. The normalized spacial score (nSPS) is 14.6. The fourth-order valence-electron chi connectivity index (χ4n) is 5.51. The number of H-pyrrole nitrogens is 1. The van der Waals surface area contributed by atoms with Crippen molar-refractivity contribution in [3.05, 3.63) is 63.0 Å². The number of hydrogen-bond acceptors (Lipinski definition) is 5. The van der Waals surface area contributed by atoms with Gasteiger partial charge in [-0.3, -0.25) is 9.59 Å². The van der Waals surface area contributed by atoms with E-state index in [4.69, 9.17) is 0 Å². The Morgan fingerprint density at radius 1 is 1.05 bits per heavy atom. The van der Waals surface area contributed by atoms with Gasteiger partial charge in [-0.05, 0) is 74.4 Å². The third kappa shape index (κ3) is 8.14. The third-order valence-electron chi connectivity index (χ3n) is 7.57. The molecule has 3 N–H and O–H groups in total. The maximum atomic E-state index is 13.4. The van der Waals surface area contributed by atoms with Gasteiger partial charge < -0.3 is 20.3 Å². The molecule has 4 rings (SSSR count). The summed E-state index contributed by atoms with van der Waals surface area (Å²) in [5.41, 5.74) is 2.58. The lowest BCUT2D eigenvalue weighted by Gasteiger charge is -2.31. The van der Waals surface area contributed by atoms with Crippen molar-refractivity contribution in [3.8, 4) is 5.75 Å². The molecule has 1 aliphatic carbocycles. The van der Waals surface area contributed by atoms with Crippen LogP contribution in [0.5, 0.6) is 5.75 Å². The molecule has 8 heteroatoms. The highest BCUT2D eigenvalue weighted by atomic mass is 32.1. The number of thiazole rings is 1. The van der Waals surface area contributed by atoms with Gasteiger partial charge in [0.25, 0.3) is 0 Å². The number of phenolic OH excluding ortho intramolecular Hbond substituents is 1. The van der Waals surface area contributed by atoms with E-state index in [-0.39, 0.29) is 22.3 Å². The lowest BCUT2D eigenvalue weighted by atomic mass is 10.0. The number of nitrogens with zero attached hydrogens (tertiary/aromatic N) is 1. The molecule has 0 unspecified atom stereocenters. The number of amides is 1. The Morgan fingerprint density at radius 3 is 2.66 bits per heavy atom. The van der Waals surface area contributed by atoms with Crippen molar-refractivity contribution in [2.24, 2.45) is 0 Å². The van der Waals surface area contributed by atoms with Gasteiger partial charge in [-0.2, -0.15) is 0 Å². The Balaban J connectivity index is 1.24. The van der Waals surface area contributed by atoms with Crippen LogP contribution in [-0.2, 0) is 17.6 Å². The van der Waals surface area contributed by atoms with E-state index in [1.807, 2.05) is 12.1 Å². The van der Waals surface area contributed by atoms with Crippen LogP contribution >= 0.6 is 11.3 Å². The number of carbonyl (C=O) groups excluding carboxylic acids is 1. The summed E-state index contributed by atoms with van der Waals surface area (Å²) < 4.78 is 14.2. The van der Waals surface area contributed by atoms with Crippen molar-refractivity contribution in [3.63, 3.8) is 0 Å². The standard InChI is InChI=1S/C30H40FN3O3S/c31-24-11-8-9-22(21-24)16-18-32-19-17-27(36)34(25-12-5-1-2-6-13-25)20-7-3-4-10-23-14-15-26(35)28-29(23)38-30(37)33-28/h8-9,11,14-15,21,25,32,35H,1-7,10,12-13,16-20H2,(H,33,37). The number of halogens is 1. The minimum atomic E-state index is -0.213. The van der Waals surface area contributed by atoms with E-state index >= 15 is 0 Å². The van der Waals surface area contributed by atoms with E-state index < -0.39 is 0 Å². The van der Waals surface area contributed by atoms with Crippen LogP contribution in [0.2, 0.25) is 0 Å². The van der Waals surface area contributed by atoms with Crippen molar-refractivity contribution in [2.75, 3.05) is 19.6 Å². The van der Waals surface area contributed by atoms with Crippen LogP contribution in [0, 0.1) is 5.82 Å². The fraction of sp³-hybridized carbons (Fsp3) is 0.533. The molecule has 38 heavy (non-hydrogen) atoms. The number of phenols is 1. The molecule has 1 amide bonds. The fourth-order valence-corrected chi connectivity index (χ4v) is 6.41. The molecule has 2 aromatic carbocycles. The Morgan fingerprint density at radius 2 is 1.87 bits per heavy atom. The van der Waals surface area contributed by atoms with Crippen molar-refractivity contribution in [2.45, 2.75) is 83.1 Å². The molecular weight excluding hydrogens is 501 g/mol. The minimum absolute atomic E-state index is 0.114. The molecule has 0 aliphatic heterocycles. The second kappa shape index (κ2) is 14.4. The summed E-state index contributed by atoms with van der Waals surface area (Å²) in [4.78, 5) is 29.8. The van der Waals surface area contributed by atoms with E-state index in [0.717, 1.165) is 85.2 Å². The predicted octanol–water partition coefficient (Wildman–Crippen LogP) is 5.92. The number of carbonyl (C=O) groups is 1. The molecule has 1 aromatic heterocycles. The highest BCUT2D eigenvalue weighted by molar-refractivity contribution is 7.16. The second-order valence-corrected chi connectivity index (χ2v) is 11.4. The summed E-state index contributed by atoms with van der Waals surface area (Å²) in [6, 6.07) is 10.6. The number of unbranched alkanes of at least 4 members (excludes halogenated alkanes) is 2. The topological polar surface area (TPSA) is 85.4 Å². The van der Waals surface area contributed by atoms with Crippen LogP contribution < -0.4 is 10.2 Å². The summed E-state index contributed by atoms with van der Waals surface area (Å²) in [6.45, 7) is 2.14. The maximum absolute atomic E-state index is 13.4. The molecule has 0 atom stereocenters. The zero-order valence-electron chi connectivity index (χ0n) is 22.1. The first-order chi connectivity index (χ1) is 18.5. The van der Waals surface area contributed by atoms with E-state index in [1.54, 1.807) is 18.2 Å². The number of aryl methyl sites for hydroxylation is 1. The summed E-state index contributed by atoms with van der Waals surface area (Å²) in [7, 11) is 0. The molecule has 206 valence electrons. The van der Waals surface area contributed by atoms with E-state index in [1.165, 1.54) is 31.7 Å². The van der Waals surface area contributed by atoms with Gasteiger partial charge in [-0.15, -0.1) is 0 Å².